The Kier molecular flexibility index (Phi) is 5.20. The van der Waals surface area contributed by atoms with E-state index >= 15 is 0 Å². The number of thiophene rings is 1. The molecule has 3 rings (SSSR count). The van der Waals surface area contributed by atoms with E-state index in [0.717, 1.165) is 21.6 Å². The third kappa shape index (κ3) is 3.99. The van der Waals surface area contributed by atoms with Gasteiger partial charge in [-0.25, -0.2) is 0 Å². The summed E-state index contributed by atoms with van der Waals surface area (Å²) in [6.07, 6.45) is 1.68. The van der Waals surface area contributed by atoms with Crippen LogP contribution in [0.25, 0.3) is 21.6 Å². The fraction of sp³-hybridized carbons (Fsp3) is 0.211. The molecule has 0 aliphatic carbocycles. The van der Waals surface area contributed by atoms with Crippen molar-refractivity contribution in [1.29, 1.82) is 0 Å². The lowest BCUT2D eigenvalue weighted by atomic mass is 10.1. The van der Waals surface area contributed by atoms with Gasteiger partial charge in [-0.2, -0.15) is 0 Å². The lowest BCUT2D eigenvalue weighted by Gasteiger charge is -2.21. The van der Waals surface area contributed by atoms with Crippen molar-refractivity contribution in [2.24, 2.45) is 0 Å². The van der Waals surface area contributed by atoms with Crippen molar-refractivity contribution >= 4 is 28.6 Å². The molecule has 2 aromatic heterocycles. The van der Waals surface area contributed by atoms with Gasteiger partial charge in [-0.1, -0.05) is 17.7 Å². The first-order valence-corrected chi connectivity index (χ1v) is 9.23. The van der Waals surface area contributed by atoms with E-state index in [1.165, 1.54) is 17.6 Å². The second kappa shape index (κ2) is 7.25. The number of hydrogen-bond acceptors (Lipinski definition) is 5. The lowest BCUT2D eigenvalue weighted by molar-refractivity contribution is -0.0126. The summed E-state index contributed by atoms with van der Waals surface area (Å²) in [6.45, 7) is 1.07. The zero-order chi connectivity index (χ0) is 18.9. The largest absolute Gasteiger partial charge is 0.399 e. The Labute approximate surface area is 159 Å². The number of aliphatic hydroxyl groups is 2. The standard InChI is InChI=1S/C19H19ClN2O3S/c1-19(25,11-23)10-22-8-12(2-5-18(22)24)13-6-17(26-9-13)15-4-3-14(21)7-16(15)20/h2-9,23,25H,10-11,21H2,1H3. The lowest BCUT2D eigenvalue weighted by Crippen LogP contribution is -2.38. The fourth-order valence-electron chi connectivity index (χ4n) is 2.60. The Bertz CT molecular complexity index is 994. The highest BCUT2D eigenvalue weighted by molar-refractivity contribution is 7.14. The smallest absolute Gasteiger partial charge is 0.250 e. The average Bonchev–Trinajstić information content (AvgIpc) is 3.06. The molecule has 26 heavy (non-hydrogen) atoms. The van der Waals surface area contributed by atoms with Gasteiger partial charge in [-0.15, -0.1) is 11.3 Å². The summed E-state index contributed by atoms with van der Waals surface area (Å²) in [5, 5.41) is 21.8. The van der Waals surface area contributed by atoms with E-state index in [0.29, 0.717) is 10.7 Å². The molecule has 3 aromatic rings. The van der Waals surface area contributed by atoms with Gasteiger partial charge in [-0.05, 0) is 47.7 Å². The van der Waals surface area contributed by atoms with Crippen LogP contribution in [0.5, 0.6) is 0 Å². The van der Waals surface area contributed by atoms with Crippen LogP contribution < -0.4 is 11.3 Å². The molecule has 7 heteroatoms. The molecular formula is C19H19ClN2O3S. The summed E-state index contributed by atoms with van der Waals surface area (Å²) < 4.78 is 1.40. The number of nitrogens with zero attached hydrogens (tertiary/aromatic N) is 1. The molecule has 2 heterocycles. The van der Waals surface area contributed by atoms with Gasteiger partial charge >= 0.3 is 0 Å². The Balaban J connectivity index is 1.96. The molecule has 136 valence electrons. The summed E-state index contributed by atoms with van der Waals surface area (Å²) in [5.74, 6) is 0. The van der Waals surface area contributed by atoms with Crippen molar-refractivity contribution in [2.75, 3.05) is 12.3 Å². The van der Waals surface area contributed by atoms with Crippen molar-refractivity contribution in [1.82, 2.24) is 4.57 Å². The van der Waals surface area contributed by atoms with Crippen LogP contribution in [0.2, 0.25) is 5.02 Å². The zero-order valence-corrected chi connectivity index (χ0v) is 15.7. The number of halogens is 1. The highest BCUT2D eigenvalue weighted by Gasteiger charge is 2.20. The quantitative estimate of drug-likeness (QED) is 0.583. The molecule has 0 spiro atoms. The predicted octanol–water partition coefficient (Wildman–Crippen LogP) is 3.22. The molecule has 0 radical (unpaired) electrons. The first-order valence-electron chi connectivity index (χ1n) is 7.97. The molecule has 0 aliphatic heterocycles. The molecule has 0 fully saturated rings. The van der Waals surface area contributed by atoms with Gasteiger partial charge < -0.3 is 20.5 Å². The molecule has 0 saturated heterocycles. The molecule has 0 bridgehead atoms. The van der Waals surface area contributed by atoms with Gasteiger partial charge in [-0.3, -0.25) is 4.79 Å². The van der Waals surface area contributed by atoms with E-state index in [-0.39, 0.29) is 12.1 Å². The first-order chi connectivity index (χ1) is 12.3. The number of benzene rings is 1. The molecular weight excluding hydrogens is 372 g/mol. The van der Waals surface area contributed by atoms with E-state index in [1.807, 2.05) is 17.5 Å². The van der Waals surface area contributed by atoms with Crippen LogP contribution in [0, 0.1) is 0 Å². The number of anilines is 1. The van der Waals surface area contributed by atoms with Gasteiger partial charge in [0.15, 0.2) is 0 Å². The summed E-state index contributed by atoms with van der Waals surface area (Å²) in [6, 6.07) is 10.6. The van der Waals surface area contributed by atoms with Crippen molar-refractivity contribution < 1.29 is 10.2 Å². The molecule has 1 unspecified atom stereocenters. The van der Waals surface area contributed by atoms with Crippen LogP contribution in [-0.2, 0) is 6.54 Å². The van der Waals surface area contributed by atoms with Crippen LogP contribution in [0.1, 0.15) is 6.92 Å². The number of nitrogen functional groups attached to an aromatic ring is 1. The molecule has 4 N–H and O–H groups in total. The maximum atomic E-state index is 12.0. The van der Waals surface area contributed by atoms with Crippen LogP contribution in [0.15, 0.2) is 52.8 Å². The average molecular weight is 391 g/mol. The number of nitrogens with two attached hydrogens (primary N) is 1. The second-order valence-electron chi connectivity index (χ2n) is 6.48. The van der Waals surface area contributed by atoms with E-state index in [9.17, 15) is 15.0 Å². The summed E-state index contributed by atoms with van der Waals surface area (Å²) >= 11 is 7.83. The topological polar surface area (TPSA) is 88.5 Å². The molecule has 1 aromatic carbocycles. The van der Waals surface area contributed by atoms with Gasteiger partial charge in [0.05, 0.1) is 18.2 Å². The minimum Gasteiger partial charge on any atom is -0.399 e. The SMILES string of the molecule is CC(O)(CO)Cn1cc(-c2csc(-c3ccc(N)cc3Cl)c2)ccc1=O. The third-order valence-corrected chi connectivity index (χ3v) is 5.30. The van der Waals surface area contributed by atoms with Crippen LogP contribution >= 0.6 is 22.9 Å². The Morgan fingerprint density at radius 2 is 2.00 bits per heavy atom. The van der Waals surface area contributed by atoms with E-state index in [2.05, 4.69) is 0 Å². The van der Waals surface area contributed by atoms with Gasteiger partial charge in [0, 0.05) is 28.4 Å². The fourth-order valence-corrected chi connectivity index (χ4v) is 3.91. The van der Waals surface area contributed by atoms with Crippen LogP contribution in [0.4, 0.5) is 5.69 Å². The maximum Gasteiger partial charge on any atom is 0.250 e. The number of hydrogen-bond donors (Lipinski definition) is 3. The Hall–Kier alpha value is -2.12. The number of aromatic nitrogens is 1. The first kappa shape index (κ1) is 18.7. The molecule has 5 nitrogen and oxygen atoms in total. The predicted molar refractivity (Wildman–Crippen MR) is 107 cm³/mol. The van der Waals surface area contributed by atoms with E-state index in [4.69, 9.17) is 17.3 Å². The van der Waals surface area contributed by atoms with Crippen LogP contribution in [-0.4, -0.2) is 27.0 Å². The van der Waals surface area contributed by atoms with E-state index in [1.54, 1.807) is 35.7 Å². The molecule has 0 saturated carbocycles. The highest BCUT2D eigenvalue weighted by atomic mass is 35.5. The van der Waals surface area contributed by atoms with Gasteiger partial charge in [0.25, 0.3) is 5.56 Å². The Morgan fingerprint density at radius 1 is 1.23 bits per heavy atom. The number of aliphatic hydroxyl groups excluding tert-OH is 1. The van der Waals surface area contributed by atoms with E-state index < -0.39 is 12.2 Å². The van der Waals surface area contributed by atoms with Gasteiger partial charge in [0.2, 0.25) is 0 Å². The highest BCUT2D eigenvalue weighted by Crippen LogP contribution is 2.36. The minimum absolute atomic E-state index is 0.0109. The maximum absolute atomic E-state index is 12.0. The van der Waals surface area contributed by atoms with Crippen LogP contribution in [0.3, 0.4) is 0 Å². The van der Waals surface area contributed by atoms with Crippen molar-refractivity contribution in [3.63, 3.8) is 0 Å². The second-order valence-corrected chi connectivity index (χ2v) is 7.80. The van der Waals surface area contributed by atoms with Gasteiger partial charge in [0.1, 0.15) is 5.60 Å². The summed E-state index contributed by atoms with van der Waals surface area (Å²) in [5.41, 5.74) is 7.43. The Morgan fingerprint density at radius 3 is 2.69 bits per heavy atom. The zero-order valence-electron chi connectivity index (χ0n) is 14.1. The molecule has 0 amide bonds. The van der Waals surface area contributed by atoms with Crippen molar-refractivity contribution in [3.05, 3.63) is 63.4 Å². The molecule has 1 atom stereocenters. The summed E-state index contributed by atoms with van der Waals surface area (Å²) in [4.78, 5) is 13.0. The molecule has 0 aliphatic rings. The monoisotopic (exact) mass is 390 g/mol. The number of rotatable bonds is 5. The minimum atomic E-state index is -1.36. The normalized spacial score (nSPS) is 13.5. The van der Waals surface area contributed by atoms with Crippen molar-refractivity contribution in [3.8, 4) is 21.6 Å². The number of pyridine rings is 1. The third-order valence-electron chi connectivity index (χ3n) is 4.03. The van der Waals surface area contributed by atoms with Crippen molar-refractivity contribution in [2.45, 2.75) is 19.1 Å². The summed E-state index contributed by atoms with van der Waals surface area (Å²) in [7, 11) is 0.